The summed E-state index contributed by atoms with van der Waals surface area (Å²) in [4.78, 5) is 40.3. The Hall–Kier alpha value is -3.50. The van der Waals surface area contributed by atoms with E-state index in [1.165, 1.54) is 38.3 Å². The quantitative estimate of drug-likeness (QED) is 0.348. The number of furan rings is 1. The second-order valence-electron chi connectivity index (χ2n) is 7.97. The lowest BCUT2D eigenvalue weighted by atomic mass is 10.0. The number of carbonyl (C=O) groups excluding carboxylic acids is 3. The maximum atomic E-state index is 12.9. The SMILES string of the molecule is CC(=O)c1c(C)[nH]c(C(=O)C(C)OC(=O)c2cc(S(=O)(=O)NCc3ccco3)ccc2C)c1C. The van der Waals surface area contributed by atoms with E-state index in [1.807, 2.05) is 0 Å². The molecule has 1 unspecified atom stereocenters. The Morgan fingerprint density at radius 1 is 1.15 bits per heavy atom. The molecule has 0 aliphatic rings. The first-order chi connectivity index (χ1) is 15.9. The lowest BCUT2D eigenvalue weighted by molar-refractivity contribution is 0.0316. The van der Waals surface area contributed by atoms with Crippen LogP contribution < -0.4 is 4.72 Å². The molecule has 2 N–H and O–H groups in total. The minimum Gasteiger partial charge on any atom is -0.468 e. The van der Waals surface area contributed by atoms with Crippen LogP contribution in [0.2, 0.25) is 0 Å². The van der Waals surface area contributed by atoms with Gasteiger partial charge in [-0.1, -0.05) is 6.07 Å². The molecule has 0 bridgehead atoms. The van der Waals surface area contributed by atoms with Gasteiger partial charge in [-0.2, -0.15) is 0 Å². The fourth-order valence-corrected chi connectivity index (χ4v) is 4.68. The molecular weight excluding hydrogens is 460 g/mol. The van der Waals surface area contributed by atoms with E-state index in [2.05, 4.69) is 9.71 Å². The smallest absolute Gasteiger partial charge is 0.339 e. The maximum Gasteiger partial charge on any atom is 0.339 e. The normalized spacial score (nSPS) is 12.4. The van der Waals surface area contributed by atoms with E-state index in [4.69, 9.17) is 9.15 Å². The summed E-state index contributed by atoms with van der Waals surface area (Å²) < 4.78 is 38.2. The monoisotopic (exact) mass is 486 g/mol. The number of rotatable bonds is 9. The second-order valence-corrected chi connectivity index (χ2v) is 9.74. The molecule has 0 saturated heterocycles. The van der Waals surface area contributed by atoms with E-state index < -0.39 is 27.9 Å². The minimum absolute atomic E-state index is 0.0179. The van der Waals surface area contributed by atoms with Gasteiger partial charge in [-0.25, -0.2) is 17.9 Å². The first kappa shape index (κ1) is 25.1. The minimum atomic E-state index is -3.93. The van der Waals surface area contributed by atoms with E-state index in [0.717, 1.165) is 0 Å². The van der Waals surface area contributed by atoms with Crippen LogP contribution in [0, 0.1) is 20.8 Å². The highest BCUT2D eigenvalue weighted by molar-refractivity contribution is 7.89. The zero-order valence-corrected chi connectivity index (χ0v) is 20.3. The number of hydrogen-bond acceptors (Lipinski definition) is 7. The van der Waals surface area contributed by atoms with Crippen LogP contribution in [0.15, 0.2) is 45.9 Å². The number of carbonyl (C=O) groups is 3. The van der Waals surface area contributed by atoms with Crippen molar-refractivity contribution < 1.29 is 32.0 Å². The van der Waals surface area contributed by atoms with E-state index in [9.17, 15) is 22.8 Å². The van der Waals surface area contributed by atoms with Crippen LogP contribution in [0.5, 0.6) is 0 Å². The number of Topliss-reactive ketones (excluding diaryl/α,β-unsaturated/α-hetero) is 2. The van der Waals surface area contributed by atoms with E-state index in [1.54, 1.807) is 32.9 Å². The summed E-state index contributed by atoms with van der Waals surface area (Å²) in [5.41, 5.74) is 2.17. The predicted octanol–water partition coefficient (Wildman–Crippen LogP) is 3.64. The summed E-state index contributed by atoms with van der Waals surface area (Å²) >= 11 is 0. The Bertz CT molecular complexity index is 1350. The van der Waals surface area contributed by atoms with Crippen LogP contribution in [-0.4, -0.2) is 37.0 Å². The number of hydrogen-bond donors (Lipinski definition) is 2. The van der Waals surface area contributed by atoms with Gasteiger partial charge in [0, 0.05) is 11.3 Å². The first-order valence-electron chi connectivity index (χ1n) is 10.5. The molecular formula is C24H26N2O7S. The Kier molecular flexibility index (Phi) is 7.23. The van der Waals surface area contributed by atoms with Crippen molar-refractivity contribution in [3.05, 3.63) is 76.0 Å². The summed E-state index contributed by atoms with van der Waals surface area (Å²) in [5, 5.41) is 0. The van der Waals surface area contributed by atoms with Gasteiger partial charge in [-0.05, 0) is 70.0 Å². The average Bonchev–Trinajstić information content (AvgIpc) is 3.39. The average molecular weight is 487 g/mol. The molecule has 2 heterocycles. The molecule has 1 aromatic carbocycles. The number of ketones is 2. The van der Waals surface area contributed by atoms with Crippen LogP contribution in [0.3, 0.4) is 0 Å². The van der Waals surface area contributed by atoms with Gasteiger partial charge >= 0.3 is 5.97 Å². The molecule has 0 saturated carbocycles. The topological polar surface area (TPSA) is 136 Å². The summed E-state index contributed by atoms with van der Waals surface area (Å²) in [6.07, 6.45) is 0.268. The second kappa shape index (κ2) is 9.78. The highest BCUT2D eigenvalue weighted by Crippen LogP contribution is 2.22. The third-order valence-corrected chi connectivity index (χ3v) is 6.84. The molecule has 2 aromatic heterocycles. The zero-order chi connectivity index (χ0) is 25.2. The van der Waals surface area contributed by atoms with Crippen molar-refractivity contribution in [3.63, 3.8) is 0 Å². The molecule has 0 fully saturated rings. The largest absolute Gasteiger partial charge is 0.468 e. The molecule has 3 aromatic rings. The summed E-state index contributed by atoms with van der Waals surface area (Å²) in [5.74, 6) is -1.08. The summed E-state index contributed by atoms with van der Waals surface area (Å²) in [6.45, 7) is 7.75. The van der Waals surface area contributed by atoms with Gasteiger partial charge < -0.3 is 14.1 Å². The van der Waals surface area contributed by atoms with Gasteiger partial charge in [0.25, 0.3) is 0 Å². The number of sulfonamides is 1. The van der Waals surface area contributed by atoms with Crippen LogP contribution in [0.4, 0.5) is 0 Å². The van der Waals surface area contributed by atoms with Crippen molar-refractivity contribution in [2.24, 2.45) is 0 Å². The molecule has 10 heteroatoms. The van der Waals surface area contributed by atoms with Crippen LogP contribution >= 0.6 is 0 Å². The van der Waals surface area contributed by atoms with Crippen molar-refractivity contribution in [1.29, 1.82) is 0 Å². The number of aryl methyl sites for hydroxylation is 2. The molecule has 1 atom stereocenters. The van der Waals surface area contributed by atoms with Gasteiger partial charge in [0.1, 0.15) is 5.76 Å². The molecule has 0 amide bonds. The van der Waals surface area contributed by atoms with Crippen LogP contribution in [0.25, 0.3) is 0 Å². The third kappa shape index (κ3) is 5.18. The Labute approximate surface area is 197 Å². The van der Waals surface area contributed by atoms with Crippen molar-refractivity contribution >= 4 is 27.6 Å². The molecule has 9 nitrogen and oxygen atoms in total. The zero-order valence-electron chi connectivity index (χ0n) is 19.5. The first-order valence-corrected chi connectivity index (χ1v) is 12.0. The summed E-state index contributed by atoms with van der Waals surface area (Å²) in [7, 11) is -3.93. The molecule has 34 heavy (non-hydrogen) atoms. The van der Waals surface area contributed by atoms with E-state index in [-0.39, 0.29) is 28.5 Å². The fraction of sp³-hybridized carbons (Fsp3) is 0.292. The highest BCUT2D eigenvalue weighted by Gasteiger charge is 2.27. The van der Waals surface area contributed by atoms with E-state index >= 15 is 0 Å². The number of nitrogens with one attached hydrogen (secondary N) is 2. The maximum absolute atomic E-state index is 12.9. The molecule has 0 radical (unpaired) electrons. The summed E-state index contributed by atoms with van der Waals surface area (Å²) in [6, 6.07) is 7.34. The number of aromatic amines is 1. The van der Waals surface area contributed by atoms with E-state index in [0.29, 0.717) is 28.1 Å². The predicted molar refractivity (Wildman–Crippen MR) is 123 cm³/mol. The lowest BCUT2D eigenvalue weighted by Crippen LogP contribution is -2.26. The number of aromatic nitrogens is 1. The number of benzene rings is 1. The van der Waals surface area contributed by atoms with Gasteiger partial charge in [0.2, 0.25) is 15.8 Å². The number of ether oxygens (including phenoxy) is 1. The van der Waals surface area contributed by atoms with Gasteiger partial charge in [-0.15, -0.1) is 0 Å². The fourth-order valence-electron chi connectivity index (χ4n) is 3.66. The number of esters is 1. The Balaban J connectivity index is 1.79. The Morgan fingerprint density at radius 3 is 2.44 bits per heavy atom. The lowest BCUT2D eigenvalue weighted by Gasteiger charge is -2.14. The molecule has 0 aliphatic heterocycles. The molecule has 180 valence electrons. The molecule has 0 spiro atoms. The van der Waals surface area contributed by atoms with Crippen LogP contribution in [-0.2, 0) is 21.3 Å². The van der Waals surface area contributed by atoms with Gasteiger partial charge in [0.15, 0.2) is 11.9 Å². The van der Waals surface area contributed by atoms with Crippen LogP contribution in [0.1, 0.15) is 67.6 Å². The van der Waals surface area contributed by atoms with Crippen molar-refractivity contribution in [2.75, 3.05) is 0 Å². The van der Waals surface area contributed by atoms with Crippen molar-refractivity contribution in [3.8, 4) is 0 Å². The number of H-pyrrole nitrogens is 1. The molecule has 0 aliphatic carbocycles. The third-order valence-electron chi connectivity index (χ3n) is 5.44. The molecule has 3 rings (SSSR count). The highest BCUT2D eigenvalue weighted by atomic mass is 32.2. The van der Waals surface area contributed by atoms with Gasteiger partial charge in [-0.3, -0.25) is 9.59 Å². The standard InChI is InChI=1S/C24H26N2O7S/c1-13-8-9-19(34(30,31)25-12-18-7-6-10-32-18)11-20(13)24(29)33-17(5)23(28)22-14(2)21(16(4)27)15(3)26-22/h6-11,17,25-26H,12H2,1-5H3. The van der Waals surface area contributed by atoms with Crippen molar-refractivity contribution in [1.82, 2.24) is 9.71 Å². The van der Waals surface area contributed by atoms with Crippen molar-refractivity contribution in [2.45, 2.75) is 52.2 Å². The Morgan fingerprint density at radius 2 is 1.85 bits per heavy atom. The van der Waals surface area contributed by atoms with Gasteiger partial charge in [0.05, 0.1) is 29.0 Å².